The average Bonchev–Trinajstić information content (AvgIpc) is 3.30. The van der Waals surface area contributed by atoms with E-state index in [1.165, 1.54) is 18.2 Å². The molecule has 1 N–H and O–H groups in total. The lowest BCUT2D eigenvalue weighted by atomic mass is 9.71. The van der Waals surface area contributed by atoms with Crippen LogP contribution in [-0.2, 0) is 23.8 Å². The molecule has 2 unspecified atom stereocenters. The number of thioether (sulfide) groups is 1. The number of ether oxygens (including phenoxy) is 2. The summed E-state index contributed by atoms with van der Waals surface area (Å²) >= 11 is 0.646. The molecule has 2 amide bonds. The van der Waals surface area contributed by atoms with Gasteiger partial charge in [0.15, 0.2) is 0 Å². The number of nitrogens with zero attached hydrogens (tertiary/aromatic N) is 1. The van der Waals surface area contributed by atoms with Gasteiger partial charge in [-0.3, -0.25) is 14.9 Å². The minimum absolute atomic E-state index is 0.0353. The van der Waals surface area contributed by atoms with Crippen molar-refractivity contribution >= 4 is 29.0 Å². The maximum Gasteiger partial charge on any atom is 0.419 e. The fourth-order valence-corrected chi connectivity index (χ4v) is 6.25. The second-order valence-electron chi connectivity index (χ2n) is 11.6. The van der Waals surface area contributed by atoms with E-state index in [1.54, 1.807) is 12.1 Å². The molecular weight excluding hydrogens is 589 g/mol. The zero-order chi connectivity index (χ0) is 31.8. The second kappa shape index (κ2) is 12.0. The normalized spacial score (nSPS) is 19.7. The maximum atomic E-state index is 14.0. The van der Waals surface area contributed by atoms with E-state index in [0.29, 0.717) is 23.7 Å². The lowest BCUT2D eigenvalue weighted by Gasteiger charge is -2.36. The molecule has 3 aromatic carbocycles. The van der Waals surface area contributed by atoms with Gasteiger partial charge in [0, 0.05) is 5.41 Å². The number of nitrogens with one attached hydrogen (secondary N) is 1. The molecule has 10 heteroatoms. The lowest BCUT2D eigenvalue weighted by Crippen LogP contribution is -2.33. The molecule has 2 aliphatic rings. The van der Waals surface area contributed by atoms with Crippen molar-refractivity contribution in [2.45, 2.75) is 59.2 Å². The molecule has 0 aromatic heterocycles. The number of carbonyl (C=O) groups excluding carboxylic acids is 2. The van der Waals surface area contributed by atoms with Crippen molar-refractivity contribution in [2.75, 3.05) is 6.61 Å². The molecule has 0 spiro atoms. The van der Waals surface area contributed by atoms with Crippen LogP contribution in [0, 0.1) is 30.6 Å². The van der Waals surface area contributed by atoms with Crippen molar-refractivity contribution in [3.8, 4) is 17.6 Å². The van der Waals surface area contributed by atoms with Gasteiger partial charge in [0.1, 0.15) is 17.6 Å². The number of aryl methyl sites for hydroxylation is 1. The molecule has 3 aromatic rings. The van der Waals surface area contributed by atoms with Gasteiger partial charge in [-0.25, -0.2) is 0 Å². The Morgan fingerprint density at radius 1 is 1.09 bits per heavy atom. The van der Waals surface area contributed by atoms with E-state index in [9.17, 15) is 22.8 Å². The maximum absolute atomic E-state index is 14.0. The number of fused-ring (bicyclic) bond motifs is 1. The Hall–Kier alpha value is -4.23. The van der Waals surface area contributed by atoms with E-state index in [2.05, 4.69) is 17.5 Å². The average molecular weight is 621 g/mol. The van der Waals surface area contributed by atoms with Gasteiger partial charge < -0.3 is 9.47 Å². The molecular formula is C34H31F3N2O4S. The highest BCUT2D eigenvalue weighted by atomic mass is 32.2. The highest BCUT2D eigenvalue weighted by molar-refractivity contribution is 8.18. The quantitative estimate of drug-likeness (QED) is 0.268. The van der Waals surface area contributed by atoms with Crippen LogP contribution < -0.4 is 14.8 Å². The highest BCUT2D eigenvalue weighted by Crippen LogP contribution is 2.43. The first-order valence-corrected chi connectivity index (χ1v) is 15.0. The zero-order valence-electron chi connectivity index (χ0n) is 24.7. The molecule has 2 atom stereocenters. The number of rotatable bonds is 7. The highest BCUT2D eigenvalue weighted by Gasteiger charge is 2.37. The summed E-state index contributed by atoms with van der Waals surface area (Å²) in [6.07, 6.45) is -1.54. The number of benzene rings is 3. The summed E-state index contributed by atoms with van der Waals surface area (Å²) in [5.74, 6) is -0.121. The van der Waals surface area contributed by atoms with Gasteiger partial charge in [0.05, 0.1) is 28.7 Å². The first kappa shape index (κ1) is 31.2. The van der Waals surface area contributed by atoms with Crippen molar-refractivity contribution in [1.29, 1.82) is 5.26 Å². The Morgan fingerprint density at radius 2 is 1.82 bits per heavy atom. The molecule has 5 rings (SSSR count). The van der Waals surface area contributed by atoms with E-state index in [-0.39, 0.29) is 28.9 Å². The Morgan fingerprint density at radius 3 is 2.45 bits per heavy atom. The third-order valence-corrected chi connectivity index (χ3v) is 9.13. The monoisotopic (exact) mass is 620 g/mol. The number of amides is 2. The van der Waals surface area contributed by atoms with Crippen molar-refractivity contribution in [1.82, 2.24) is 5.32 Å². The Bertz CT molecular complexity index is 1710. The number of halogens is 3. The predicted molar refractivity (Wildman–Crippen MR) is 162 cm³/mol. The van der Waals surface area contributed by atoms with Crippen LogP contribution in [0.3, 0.4) is 0 Å². The van der Waals surface area contributed by atoms with Crippen LogP contribution in [0.2, 0.25) is 0 Å². The molecule has 0 bridgehead atoms. The third-order valence-electron chi connectivity index (χ3n) is 8.32. The van der Waals surface area contributed by atoms with Crippen LogP contribution in [0.4, 0.5) is 18.0 Å². The van der Waals surface area contributed by atoms with Gasteiger partial charge in [-0.15, -0.1) is 0 Å². The van der Waals surface area contributed by atoms with E-state index in [4.69, 9.17) is 14.7 Å². The molecule has 0 radical (unpaired) electrons. The van der Waals surface area contributed by atoms with Crippen molar-refractivity contribution in [3.63, 3.8) is 0 Å². The minimum atomic E-state index is -4.68. The smallest absolute Gasteiger partial charge is 0.419 e. The second-order valence-corrected chi connectivity index (χ2v) is 12.7. The fraction of sp³-hybridized carbons (Fsp3) is 0.324. The van der Waals surface area contributed by atoms with Gasteiger partial charge in [0.25, 0.3) is 11.1 Å². The fourth-order valence-electron chi connectivity index (χ4n) is 5.57. The lowest BCUT2D eigenvalue weighted by molar-refractivity contribution is -0.139. The first-order chi connectivity index (χ1) is 20.8. The van der Waals surface area contributed by atoms with Gasteiger partial charge in [0.2, 0.25) is 0 Å². The summed E-state index contributed by atoms with van der Waals surface area (Å²) in [5.41, 5.74) is 4.79. The minimum Gasteiger partial charge on any atom is -0.492 e. The molecule has 1 fully saturated rings. The molecule has 1 saturated heterocycles. The van der Waals surface area contributed by atoms with Crippen LogP contribution in [0.5, 0.6) is 11.5 Å². The van der Waals surface area contributed by atoms with Crippen LogP contribution in [-0.4, -0.2) is 17.8 Å². The number of nitriles is 1. The number of carbonyl (C=O) groups is 2. The number of hydrogen-bond donors (Lipinski definition) is 1. The van der Waals surface area contributed by atoms with E-state index in [0.717, 1.165) is 52.5 Å². The molecule has 0 saturated carbocycles. The summed E-state index contributed by atoms with van der Waals surface area (Å²) in [6, 6.07) is 15.2. The number of hydrogen-bond acceptors (Lipinski definition) is 6. The summed E-state index contributed by atoms with van der Waals surface area (Å²) in [6.45, 7) is 8.14. The van der Waals surface area contributed by atoms with Crippen LogP contribution >= 0.6 is 11.8 Å². The zero-order valence-corrected chi connectivity index (χ0v) is 25.5. The van der Waals surface area contributed by atoms with Crippen LogP contribution in [0.1, 0.15) is 70.9 Å². The molecule has 44 heavy (non-hydrogen) atoms. The summed E-state index contributed by atoms with van der Waals surface area (Å²) < 4.78 is 54.4. The van der Waals surface area contributed by atoms with Crippen molar-refractivity contribution in [3.05, 3.63) is 97.9 Å². The third kappa shape index (κ3) is 6.63. The van der Waals surface area contributed by atoms with E-state index < -0.39 is 28.3 Å². The largest absolute Gasteiger partial charge is 0.492 e. The predicted octanol–water partition coefficient (Wildman–Crippen LogP) is 8.23. The number of imide groups is 1. The first-order valence-electron chi connectivity index (χ1n) is 14.1. The Kier molecular flexibility index (Phi) is 8.54. The summed E-state index contributed by atoms with van der Waals surface area (Å²) in [5, 5.41) is 10.6. The van der Waals surface area contributed by atoms with Gasteiger partial charge in [-0.2, -0.15) is 18.4 Å². The van der Waals surface area contributed by atoms with Crippen LogP contribution in [0.25, 0.3) is 6.08 Å². The van der Waals surface area contributed by atoms with Crippen molar-refractivity contribution < 1.29 is 32.2 Å². The molecule has 228 valence electrons. The van der Waals surface area contributed by atoms with Crippen LogP contribution in [0.15, 0.2) is 53.4 Å². The SMILES string of the molecule is Cc1c(OC(C)c2ccc(C#N)cc2)cc2c(c1C)CC(C)(COc1ccc(C=C3SC(=O)NC3=O)cc1C(F)(F)F)CC2. The van der Waals surface area contributed by atoms with Crippen molar-refractivity contribution in [2.24, 2.45) is 5.41 Å². The molecule has 1 aliphatic carbocycles. The van der Waals surface area contributed by atoms with Gasteiger partial charge in [-0.05, 0) is 122 Å². The molecule has 1 heterocycles. The standard InChI is InChI=1S/C34H31F3N2O4S/c1-19-20(2)29(43-21(3)24-8-5-22(17-38)6-9-24)15-25-11-12-33(4,16-26(19)25)18-42-28-10-7-23(13-27(28)34(35,36)37)14-30-31(40)39-32(41)44-30/h5-10,13-15,21H,11-12,16,18H2,1-4H3,(H,39,40,41). The summed E-state index contributed by atoms with van der Waals surface area (Å²) in [7, 11) is 0. The van der Waals surface area contributed by atoms with E-state index in [1.807, 2.05) is 39.8 Å². The number of alkyl halides is 3. The molecule has 1 aliphatic heterocycles. The Balaban J connectivity index is 1.32. The summed E-state index contributed by atoms with van der Waals surface area (Å²) in [4.78, 5) is 23.3. The topological polar surface area (TPSA) is 88.4 Å². The van der Waals surface area contributed by atoms with Gasteiger partial charge >= 0.3 is 6.18 Å². The van der Waals surface area contributed by atoms with Gasteiger partial charge in [-0.1, -0.05) is 25.1 Å². The molecule has 6 nitrogen and oxygen atoms in total. The Labute approximate surface area is 258 Å². The van der Waals surface area contributed by atoms with E-state index >= 15 is 0 Å².